The van der Waals surface area contributed by atoms with Crippen molar-refractivity contribution in [3.05, 3.63) is 59.7 Å². The predicted molar refractivity (Wildman–Crippen MR) is 148 cm³/mol. The molecule has 0 spiro atoms. The van der Waals surface area contributed by atoms with Crippen LogP contribution in [0.5, 0.6) is 0 Å². The number of nitrogens with one attached hydrogen (secondary N) is 2. The van der Waals surface area contributed by atoms with Crippen LogP contribution in [-0.2, 0) is 39.9 Å². The summed E-state index contributed by atoms with van der Waals surface area (Å²) in [7, 11) is -7.66. The van der Waals surface area contributed by atoms with Crippen LogP contribution < -0.4 is 10.6 Å². The highest BCUT2D eigenvalue weighted by Crippen LogP contribution is 2.35. The predicted octanol–water partition coefficient (Wildman–Crippen LogP) is 1.37. The van der Waals surface area contributed by atoms with Crippen molar-refractivity contribution in [1.82, 2.24) is 19.2 Å². The van der Waals surface area contributed by atoms with Crippen molar-refractivity contribution in [3.63, 3.8) is 0 Å². The van der Waals surface area contributed by atoms with Crippen molar-refractivity contribution < 1.29 is 35.9 Å². The molecule has 1 unspecified atom stereocenters. The van der Waals surface area contributed by atoms with E-state index in [2.05, 4.69) is 10.6 Å². The fourth-order valence-corrected chi connectivity index (χ4v) is 8.92. The maximum absolute atomic E-state index is 13.3. The maximum Gasteiger partial charge on any atom is 0.322 e. The van der Waals surface area contributed by atoms with Gasteiger partial charge in [0.2, 0.25) is 20.0 Å². The number of nitrogens with zero attached hydrogens (tertiary/aromatic N) is 2. The largest absolute Gasteiger partial charge is 0.373 e. The molecule has 0 radical (unpaired) electrons. The lowest BCUT2D eigenvalue weighted by Crippen LogP contribution is -2.48. The van der Waals surface area contributed by atoms with E-state index in [4.69, 9.17) is 9.47 Å². The van der Waals surface area contributed by atoms with Gasteiger partial charge in [-0.05, 0) is 63.1 Å². The van der Waals surface area contributed by atoms with Gasteiger partial charge in [-0.2, -0.15) is 8.61 Å². The molecule has 0 saturated carbocycles. The number of benzene rings is 2. The molecule has 3 fully saturated rings. The maximum atomic E-state index is 13.3. The van der Waals surface area contributed by atoms with Crippen LogP contribution in [0, 0.1) is 0 Å². The smallest absolute Gasteiger partial charge is 0.322 e. The number of amides is 3. The topological polar surface area (TPSA) is 151 Å². The van der Waals surface area contributed by atoms with Gasteiger partial charge in [0.25, 0.3) is 5.91 Å². The van der Waals surface area contributed by atoms with Gasteiger partial charge in [-0.15, -0.1) is 0 Å². The molecule has 41 heavy (non-hydrogen) atoms. The lowest BCUT2D eigenvalue weighted by atomic mass is 9.83. The first-order valence-electron chi connectivity index (χ1n) is 13.4. The molecule has 0 aromatic heterocycles. The zero-order chi connectivity index (χ0) is 29.7. The van der Waals surface area contributed by atoms with Gasteiger partial charge in [0, 0.05) is 26.2 Å². The molecule has 14 heteroatoms. The number of carbonyl (C=O) groups excluding carboxylic acids is 2. The number of carbonyl (C=O) groups is 2. The monoisotopic (exact) mass is 606 g/mol. The minimum Gasteiger partial charge on any atom is -0.373 e. The first kappa shape index (κ1) is 29.6. The van der Waals surface area contributed by atoms with E-state index < -0.39 is 37.5 Å². The Morgan fingerprint density at radius 2 is 1.00 bits per heavy atom. The molecule has 222 valence electrons. The van der Waals surface area contributed by atoms with E-state index >= 15 is 0 Å². The third-order valence-electron chi connectivity index (χ3n) is 7.49. The van der Waals surface area contributed by atoms with Crippen LogP contribution in [0.3, 0.4) is 0 Å². The van der Waals surface area contributed by atoms with Gasteiger partial charge in [-0.1, -0.05) is 24.3 Å². The fraction of sp³-hybridized carbons (Fsp3) is 0.481. The van der Waals surface area contributed by atoms with Crippen LogP contribution in [0.1, 0.15) is 38.8 Å². The van der Waals surface area contributed by atoms with Crippen molar-refractivity contribution in [2.75, 3.05) is 26.2 Å². The molecule has 3 aliphatic heterocycles. The molecule has 0 aliphatic carbocycles. The number of morpholine rings is 2. The minimum absolute atomic E-state index is 0.0397. The van der Waals surface area contributed by atoms with Crippen molar-refractivity contribution >= 4 is 32.0 Å². The third-order valence-corrected chi connectivity index (χ3v) is 11.2. The quantitative estimate of drug-likeness (QED) is 0.468. The summed E-state index contributed by atoms with van der Waals surface area (Å²) in [5, 5.41) is 4.91. The molecule has 3 saturated heterocycles. The Labute approximate surface area is 240 Å². The molecular weight excluding hydrogens is 572 g/mol. The van der Waals surface area contributed by atoms with Gasteiger partial charge in [-0.3, -0.25) is 10.1 Å². The van der Waals surface area contributed by atoms with Crippen LogP contribution in [-0.4, -0.2) is 88.0 Å². The summed E-state index contributed by atoms with van der Waals surface area (Å²) >= 11 is 0. The Bertz CT molecular complexity index is 1430. The van der Waals surface area contributed by atoms with Crippen molar-refractivity contribution in [3.8, 4) is 0 Å². The van der Waals surface area contributed by atoms with Crippen molar-refractivity contribution in [1.29, 1.82) is 0 Å². The van der Waals surface area contributed by atoms with E-state index in [1.165, 1.54) is 57.1 Å². The molecule has 2 N–H and O–H groups in total. The van der Waals surface area contributed by atoms with Crippen LogP contribution in [0.4, 0.5) is 4.79 Å². The Morgan fingerprint density at radius 1 is 0.659 bits per heavy atom. The number of rotatable bonds is 6. The standard InChI is InChI=1S/C27H34N4O8S2/c1-17-13-30(14-18(2)38-17)40(34,35)23-9-5-21(6-10-23)27(25(32)28-26(33)29-27)22-7-11-24(12-8-22)41(36,37)31-15-19(3)39-20(4)16-31/h5-12,17-20H,13-16H2,1-4H3,(H2,28,29,32,33)/t17-,18-,19+,20+,27?. The molecule has 2 aromatic rings. The van der Waals surface area contributed by atoms with Crippen LogP contribution in [0.15, 0.2) is 58.3 Å². The number of imide groups is 1. The lowest BCUT2D eigenvalue weighted by Gasteiger charge is -2.34. The normalized spacial score (nSPS) is 30.1. The molecule has 5 rings (SSSR count). The Morgan fingerprint density at radius 3 is 1.29 bits per heavy atom. The number of hydrogen-bond donors (Lipinski definition) is 2. The van der Waals surface area contributed by atoms with Gasteiger partial charge in [-0.25, -0.2) is 21.6 Å². The zero-order valence-electron chi connectivity index (χ0n) is 23.2. The summed E-state index contributed by atoms with van der Waals surface area (Å²) in [4.78, 5) is 25.6. The highest BCUT2D eigenvalue weighted by atomic mass is 32.2. The number of sulfonamides is 2. The second kappa shape index (κ2) is 10.7. The van der Waals surface area contributed by atoms with Crippen LogP contribution >= 0.6 is 0 Å². The first-order chi connectivity index (χ1) is 19.2. The molecule has 12 nitrogen and oxygen atoms in total. The van der Waals surface area contributed by atoms with E-state index in [0.29, 0.717) is 11.1 Å². The second-order valence-electron chi connectivity index (χ2n) is 10.9. The summed E-state index contributed by atoms with van der Waals surface area (Å²) in [5.41, 5.74) is -1.06. The van der Waals surface area contributed by atoms with Gasteiger partial charge in [0.1, 0.15) is 0 Å². The average Bonchev–Trinajstić information content (AvgIpc) is 3.22. The SMILES string of the molecule is C[C@@H]1CN(S(=O)(=O)c2ccc(C3(c4ccc(S(=O)(=O)N5C[C@H](C)O[C@@H](C)C5)cc4)NC(=O)NC3=O)cc2)C[C@@H](C)O1. The molecule has 2 aromatic carbocycles. The van der Waals surface area contributed by atoms with Crippen molar-refractivity contribution in [2.45, 2.75) is 67.4 Å². The number of ether oxygens (including phenoxy) is 2. The molecule has 3 amide bonds. The van der Waals surface area contributed by atoms with Crippen molar-refractivity contribution in [2.24, 2.45) is 0 Å². The Balaban J connectivity index is 1.47. The highest BCUT2D eigenvalue weighted by molar-refractivity contribution is 7.89. The fourth-order valence-electron chi connectivity index (χ4n) is 5.73. The minimum atomic E-state index is -3.83. The Kier molecular flexibility index (Phi) is 7.76. The van der Waals surface area contributed by atoms with Gasteiger partial charge in [0.15, 0.2) is 5.54 Å². The second-order valence-corrected chi connectivity index (χ2v) is 14.7. The Hall–Kier alpha value is -2.88. The summed E-state index contributed by atoms with van der Waals surface area (Å²) in [5.74, 6) is -0.666. The van der Waals surface area contributed by atoms with Gasteiger partial charge >= 0.3 is 6.03 Å². The van der Waals surface area contributed by atoms with Gasteiger partial charge in [0.05, 0.1) is 34.2 Å². The molecule has 3 aliphatic rings. The third kappa shape index (κ3) is 5.40. The number of hydrogen-bond acceptors (Lipinski definition) is 8. The van der Waals surface area contributed by atoms with E-state index in [1.54, 1.807) is 0 Å². The zero-order valence-corrected chi connectivity index (χ0v) is 24.9. The summed E-state index contributed by atoms with van der Waals surface area (Å²) in [6.45, 7) is 8.11. The molecule has 3 heterocycles. The van der Waals surface area contributed by atoms with Crippen LogP contribution in [0.25, 0.3) is 0 Å². The van der Waals surface area contributed by atoms with Crippen LogP contribution in [0.2, 0.25) is 0 Å². The summed E-state index contributed by atoms with van der Waals surface area (Å²) in [6, 6.07) is 10.8. The highest BCUT2D eigenvalue weighted by Gasteiger charge is 2.49. The van der Waals surface area contributed by atoms with E-state index in [0.717, 1.165) is 0 Å². The molecular formula is C27H34N4O8S2. The summed E-state index contributed by atoms with van der Waals surface area (Å²) in [6.07, 6.45) is -1.02. The van der Waals surface area contributed by atoms with Gasteiger partial charge < -0.3 is 14.8 Å². The first-order valence-corrected chi connectivity index (χ1v) is 16.3. The molecule has 0 bridgehead atoms. The van der Waals surface area contributed by atoms with E-state index in [-0.39, 0.29) is 60.4 Å². The average molecular weight is 607 g/mol. The lowest BCUT2D eigenvalue weighted by molar-refractivity contribution is -0.122. The van der Waals surface area contributed by atoms with E-state index in [1.807, 2.05) is 27.7 Å². The number of urea groups is 1. The molecule has 5 atom stereocenters. The summed E-state index contributed by atoms with van der Waals surface area (Å²) < 4.78 is 67.4. The van der Waals surface area contributed by atoms with E-state index in [9.17, 15) is 26.4 Å².